The summed E-state index contributed by atoms with van der Waals surface area (Å²) in [7, 11) is -2.75. The second kappa shape index (κ2) is 8.46. The maximum atomic E-state index is 11.8. The van der Waals surface area contributed by atoms with E-state index in [1.54, 1.807) is 0 Å². The molecule has 0 aliphatic carbocycles. The Kier molecular flexibility index (Phi) is 8.55. The lowest BCUT2D eigenvalue weighted by molar-refractivity contribution is 0.209. The first kappa shape index (κ1) is 14.2. The van der Waals surface area contributed by atoms with E-state index in [1.165, 1.54) is 12.8 Å². The molecule has 0 spiro atoms. The summed E-state index contributed by atoms with van der Waals surface area (Å²) >= 11 is 0. The normalized spacial score (nSPS) is 15.4. The molecule has 0 aromatic rings. The largest absolute Gasteiger partial charge is 0.330 e. The molecule has 4 heteroatoms. The van der Waals surface area contributed by atoms with Gasteiger partial charge in [0.25, 0.3) is 0 Å². The van der Waals surface area contributed by atoms with E-state index < -0.39 is 7.60 Å². The van der Waals surface area contributed by atoms with Crippen molar-refractivity contribution in [3.8, 4) is 0 Å². The molecule has 0 aliphatic rings. The van der Waals surface area contributed by atoms with E-state index in [0.717, 1.165) is 12.8 Å². The number of unbranched alkanes of at least 4 members (excludes halogenated alkanes) is 3. The third-order valence-electron chi connectivity index (χ3n) is 2.00. The van der Waals surface area contributed by atoms with E-state index in [-0.39, 0.29) is 0 Å². The molecule has 0 N–H and O–H groups in total. The summed E-state index contributed by atoms with van der Waals surface area (Å²) in [5.74, 6) is 0. The van der Waals surface area contributed by atoms with Crippen molar-refractivity contribution >= 4 is 7.60 Å². The molecule has 0 saturated heterocycles. The van der Waals surface area contributed by atoms with Crippen molar-refractivity contribution in [3.63, 3.8) is 0 Å². The van der Waals surface area contributed by atoms with Gasteiger partial charge in [-0.2, -0.15) is 0 Å². The van der Waals surface area contributed by atoms with Gasteiger partial charge in [0.1, 0.15) is 0 Å². The fraction of sp³-hybridized carbons (Fsp3) is 1.00. The molecule has 0 saturated carbocycles. The zero-order valence-electron chi connectivity index (χ0n) is 9.62. The molecule has 0 bridgehead atoms. The van der Waals surface area contributed by atoms with Gasteiger partial charge in [-0.25, -0.2) is 0 Å². The summed E-state index contributed by atoms with van der Waals surface area (Å²) in [6.07, 6.45) is 5.01. The standard InChI is InChI=1S/C10H23O3P/c1-4-7-8-9-10-13-14(11,6-3)12-5-2/h4-10H2,1-3H3. The Morgan fingerprint density at radius 3 is 2.21 bits per heavy atom. The van der Waals surface area contributed by atoms with E-state index in [9.17, 15) is 4.57 Å². The van der Waals surface area contributed by atoms with E-state index in [2.05, 4.69) is 6.92 Å². The molecular formula is C10H23O3P. The monoisotopic (exact) mass is 222 g/mol. The van der Waals surface area contributed by atoms with E-state index >= 15 is 0 Å². The molecular weight excluding hydrogens is 199 g/mol. The minimum atomic E-state index is -2.75. The van der Waals surface area contributed by atoms with Crippen LogP contribution in [0.1, 0.15) is 46.5 Å². The van der Waals surface area contributed by atoms with Crippen molar-refractivity contribution in [3.05, 3.63) is 0 Å². The Morgan fingerprint density at radius 1 is 1.00 bits per heavy atom. The Morgan fingerprint density at radius 2 is 1.71 bits per heavy atom. The second-order valence-corrected chi connectivity index (χ2v) is 5.61. The summed E-state index contributed by atoms with van der Waals surface area (Å²) in [5, 5.41) is 0. The van der Waals surface area contributed by atoms with Crippen LogP contribution < -0.4 is 0 Å². The van der Waals surface area contributed by atoms with Crippen LogP contribution in [-0.2, 0) is 13.6 Å². The Hall–Kier alpha value is 0.150. The molecule has 0 aliphatic heterocycles. The van der Waals surface area contributed by atoms with Crippen LogP contribution in [0, 0.1) is 0 Å². The fourth-order valence-electron chi connectivity index (χ4n) is 1.15. The first-order valence-corrected chi connectivity index (χ1v) is 7.29. The fourth-order valence-corrected chi connectivity index (χ4v) is 2.39. The summed E-state index contributed by atoms with van der Waals surface area (Å²) in [5.41, 5.74) is 0. The Bertz CT molecular complexity index is 171. The van der Waals surface area contributed by atoms with Gasteiger partial charge in [-0.1, -0.05) is 33.1 Å². The SMILES string of the molecule is CCCCCCOP(=O)(CC)OCC. The summed E-state index contributed by atoms with van der Waals surface area (Å²) < 4.78 is 22.2. The highest BCUT2D eigenvalue weighted by molar-refractivity contribution is 7.53. The molecule has 86 valence electrons. The molecule has 0 fully saturated rings. The zero-order valence-corrected chi connectivity index (χ0v) is 10.5. The lowest BCUT2D eigenvalue weighted by atomic mass is 10.2. The zero-order chi connectivity index (χ0) is 10.9. The maximum Gasteiger partial charge on any atom is 0.330 e. The minimum absolute atomic E-state index is 0.458. The third kappa shape index (κ3) is 6.58. The van der Waals surface area contributed by atoms with Gasteiger partial charge in [0.05, 0.1) is 13.2 Å². The van der Waals surface area contributed by atoms with Crippen LogP contribution in [0.5, 0.6) is 0 Å². The van der Waals surface area contributed by atoms with Gasteiger partial charge in [-0.15, -0.1) is 0 Å². The van der Waals surface area contributed by atoms with Crippen LogP contribution in [0.4, 0.5) is 0 Å². The van der Waals surface area contributed by atoms with Crippen molar-refractivity contribution in [1.29, 1.82) is 0 Å². The van der Waals surface area contributed by atoms with Crippen molar-refractivity contribution < 1.29 is 13.6 Å². The number of hydrogen-bond donors (Lipinski definition) is 0. The number of rotatable bonds is 9. The van der Waals surface area contributed by atoms with Crippen LogP contribution in [0.15, 0.2) is 0 Å². The minimum Gasteiger partial charge on any atom is -0.309 e. The molecule has 0 amide bonds. The van der Waals surface area contributed by atoms with Crippen LogP contribution in [0.2, 0.25) is 0 Å². The first-order valence-electron chi connectivity index (χ1n) is 5.56. The molecule has 0 heterocycles. The smallest absolute Gasteiger partial charge is 0.309 e. The van der Waals surface area contributed by atoms with Crippen LogP contribution in [0.3, 0.4) is 0 Å². The van der Waals surface area contributed by atoms with Gasteiger partial charge in [0, 0.05) is 6.16 Å². The lowest BCUT2D eigenvalue weighted by Gasteiger charge is -2.15. The third-order valence-corrected chi connectivity index (χ3v) is 4.00. The highest BCUT2D eigenvalue weighted by atomic mass is 31.2. The first-order chi connectivity index (χ1) is 6.68. The molecule has 14 heavy (non-hydrogen) atoms. The Balaban J connectivity index is 3.57. The van der Waals surface area contributed by atoms with Gasteiger partial charge >= 0.3 is 7.60 Å². The maximum absolute atomic E-state index is 11.8. The summed E-state index contributed by atoms with van der Waals surface area (Å²) in [6.45, 7) is 6.86. The van der Waals surface area contributed by atoms with Crippen LogP contribution >= 0.6 is 7.60 Å². The predicted octanol–water partition coefficient (Wildman–Crippen LogP) is 3.83. The summed E-state index contributed by atoms with van der Waals surface area (Å²) in [6, 6.07) is 0. The quantitative estimate of drug-likeness (QED) is 0.439. The molecule has 0 rings (SSSR count). The molecule has 0 aromatic carbocycles. The van der Waals surface area contributed by atoms with Crippen LogP contribution in [-0.4, -0.2) is 19.4 Å². The van der Waals surface area contributed by atoms with Gasteiger partial charge < -0.3 is 9.05 Å². The summed E-state index contributed by atoms with van der Waals surface area (Å²) in [4.78, 5) is 0. The molecule has 1 unspecified atom stereocenters. The number of hydrogen-bond acceptors (Lipinski definition) is 3. The highest BCUT2D eigenvalue weighted by Gasteiger charge is 2.20. The van der Waals surface area contributed by atoms with Crippen molar-refractivity contribution in [2.75, 3.05) is 19.4 Å². The van der Waals surface area contributed by atoms with Gasteiger partial charge in [0.2, 0.25) is 0 Å². The van der Waals surface area contributed by atoms with E-state index in [1.807, 2.05) is 13.8 Å². The van der Waals surface area contributed by atoms with E-state index in [0.29, 0.717) is 19.4 Å². The van der Waals surface area contributed by atoms with Crippen molar-refractivity contribution in [2.24, 2.45) is 0 Å². The van der Waals surface area contributed by atoms with Gasteiger partial charge in [-0.05, 0) is 13.3 Å². The lowest BCUT2D eigenvalue weighted by Crippen LogP contribution is -1.99. The molecule has 3 nitrogen and oxygen atoms in total. The average molecular weight is 222 g/mol. The van der Waals surface area contributed by atoms with E-state index in [4.69, 9.17) is 9.05 Å². The molecule has 0 radical (unpaired) electrons. The topological polar surface area (TPSA) is 35.5 Å². The van der Waals surface area contributed by atoms with Crippen LogP contribution in [0.25, 0.3) is 0 Å². The highest BCUT2D eigenvalue weighted by Crippen LogP contribution is 2.47. The van der Waals surface area contributed by atoms with Crippen molar-refractivity contribution in [2.45, 2.75) is 46.5 Å². The second-order valence-electron chi connectivity index (χ2n) is 3.24. The molecule has 1 atom stereocenters. The van der Waals surface area contributed by atoms with Gasteiger partial charge in [0.15, 0.2) is 0 Å². The molecule has 0 aromatic heterocycles. The Labute approximate surface area is 87.7 Å². The van der Waals surface area contributed by atoms with Gasteiger partial charge in [-0.3, -0.25) is 4.57 Å². The average Bonchev–Trinajstić information content (AvgIpc) is 2.18. The van der Waals surface area contributed by atoms with Crippen molar-refractivity contribution in [1.82, 2.24) is 0 Å². The predicted molar refractivity (Wildman–Crippen MR) is 59.9 cm³/mol.